The summed E-state index contributed by atoms with van der Waals surface area (Å²) >= 11 is 0. The first-order valence-electron chi connectivity index (χ1n) is 10.1. The third-order valence-corrected chi connectivity index (χ3v) is 5.22. The van der Waals surface area contributed by atoms with Crippen molar-refractivity contribution in [3.8, 4) is 17.0 Å². The average molecular weight is 400 g/mol. The lowest BCUT2D eigenvalue weighted by Gasteiger charge is -2.33. The lowest BCUT2D eigenvalue weighted by Crippen LogP contribution is -2.40. The smallest absolute Gasteiger partial charge is 0.252 e. The predicted octanol–water partition coefficient (Wildman–Crippen LogP) is 4.65. The zero-order valence-corrected chi connectivity index (χ0v) is 17.8. The van der Waals surface area contributed by atoms with Crippen LogP contribution in [-0.2, 0) is 0 Å². The number of benzene rings is 1. The lowest BCUT2D eigenvalue weighted by atomic mass is 9.97. The number of primary amides is 1. The van der Waals surface area contributed by atoms with Crippen molar-refractivity contribution in [1.29, 1.82) is 0 Å². The van der Waals surface area contributed by atoms with Gasteiger partial charge in [0.15, 0.2) is 0 Å². The van der Waals surface area contributed by atoms with Gasteiger partial charge in [-0.05, 0) is 56.4 Å². The molecule has 1 aromatic carbocycles. The number of pyridine rings is 1. The topological polar surface area (TPSA) is 68.5 Å². The van der Waals surface area contributed by atoms with Crippen molar-refractivity contribution >= 4 is 11.7 Å². The molecule has 29 heavy (non-hydrogen) atoms. The van der Waals surface area contributed by atoms with Crippen LogP contribution in [-0.4, -0.2) is 29.6 Å². The molecule has 1 unspecified atom stereocenters. The van der Waals surface area contributed by atoms with Gasteiger partial charge in [-0.15, -0.1) is 0 Å². The van der Waals surface area contributed by atoms with Crippen LogP contribution in [0, 0.1) is 17.7 Å². The third kappa shape index (κ3) is 4.69. The molecule has 0 bridgehead atoms. The molecule has 5 nitrogen and oxygen atoms in total. The van der Waals surface area contributed by atoms with Crippen LogP contribution >= 0.6 is 0 Å². The molecule has 6 heteroatoms. The highest BCUT2D eigenvalue weighted by atomic mass is 19.1. The minimum Gasteiger partial charge on any atom is -0.493 e. The number of nitrogens with two attached hydrogens (primary N) is 1. The van der Waals surface area contributed by atoms with Crippen LogP contribution in [0.2, 0.25) is 0 Å². The first-order valence-corrected chi connectivity index (χ1v) is 10.1. The number of anilines is 1. The van der Waals surface area contributed by atoms with Gasteiger partial charge in [0.25, 0.3) is 5.91 Å². The number of aromatic nitrogens is 1. The highest BCUT2D eigenvalue weighted by Crippen LogP contribution is 2.38. The second-order valence-corrected chi connectivity index (χ2v) is 9.04. The molecule has 1 saturated heterocycles. The summed E-state index contributed by atoms with van der Waals surface area (Å²) in [6.07, 6.45) is 0.990. The number of hydrogen-bond acceptors (Lipinski definition) is 4. The van der Waals surface area contributed by atoms with Crippen LogP contribution in [0.15, 0.2) is 30.3 Å². The number of carbonyl (C=O) groups is 1. The van der Waals surface area contributed by atoms with Crippen molar-refractivity contribution in [3.05, 3.63) is 41.7 Å². The second kappa shape index (κ2) is 8.01. The van der Waals surface area contributed by atoms with Gasteiger partial charge in [0.05, 0.1) is 17.9 Å². The summed E-state index contributed by atoms with van der Waals surface area (Å²) < 4.78 is 19.9. The molecule has 1 aliphatic rings. The van der Waals surface area contributed by atoms with Crippen LogP contribution in [0.5, 0.6) is 5.75 Å². The van der Waals surface area contributed by atoms with E-state index in [1.165, 1.54) is 12.1 Å². The van der Waals surface area contributed by atoms with E-state index in [4.69, 9.17) is 15.5 Å². The Bertz CT molecular complexity index is 911. The predicted molar refractivity (Wildman–Crippen MR) is 114 cm³/mol. The van der Waals surface area contributed by atoms with Gasteiger partial charge in [-0.2, -0.15) is 0 Å². The van der Waals surface area contributed by atoms with Gasteiger partial charge < -0.3 is 15.4 Å². The largest absolute Gasteiger partial charge is 0.493 e. The monoisotopic (exact) mass is 399 g/mol. The molecule has 1 amide bonds. The first-order chi connectivity index (χ1) is 13.6. The van der Waals surface area contributed by atoms with Crippen molar-refractivity contribution in [2.75, 3.05) is 18.1 Å². The van der Waals surface area contributed by atoms with Crippen molar-refractivity contribution in [2.45, 2.75) is 46.6 Å². The molecule has 2 N–H and O–H groups in total. The number of ether oxygens (including phenoxy) is 1. The van der Waals surface area contributed by atoms with E-state index in [1.807, 2.05) is 13.8 Å². The average Bonchev–Trinajstić information content (AvgIpc) is 2.91. The number of amides is 1. The molecule has 1 fully saturated rings. The Labute approximate surface area is 172 Å². The highest BCUT2D eigenvalue weighted by molar-refractivity contribution is 5.98. The van der Waals surface area contributed by atoms with Crippen molar-refractivity contribution in [2.24, 2.45) is 17.6 Å². The number of halogens is 1. The lowest BCUT2D eigenvalue weighted by molar-refractivity contribution is 0.100. The van der Waals surface area contributed by atoms with Gasteiger partial charge in [0.1, 0.15) is 17.4 Å². The fourth-order valence-electron chi connectivity index (χ4n) is 4.02. The molecule has 1 aliphatic heterocycles. The molecule has 2 heterocycles. The van der Waals surface area contributed by atoms with Crippen molar-refractivity contribution < 1.29 is 13.9 Å². The van der Waals surface area contributed by atoms with Crippen LogP contribution < -0.4 is 15.4 Å². The minimum absolute atomic E-state index is 0.150. The number of hydrogen-bond donors (Lipinski definition) is 1. The summed E-state index contributed by atoms with van der Waals surface area (Å²) in [6.45, 7) is 11.8. The zero-order chi connectivity index (χ0) is 21.3. The maximum absolute atomic E-state index is 14.2. The fraction of sp³-hybridized carbons (Fsp3) is 0.478. The van der Waals surface area contributed by atoms with E-state index < -0.39 is 11.7 Å². The molecule has 0 spiro atoms. The van der Waals surface area contributed by atoms with E-state index in [1.54, 1.807) is 18.2 Å². The van der Waals surface area contributed by atoms with Crippen LogP contribution in [0.1, 0.15) is 51.4 Å². The van der Waals surface area contributed by atoms with Crippen LogP contribution in [0.25, 0.3) is 11.3 Å². The molecular weight excluding hydrogens is 369 g/mol. The first kappa shape index (κ1) is 21.1. The molecule has 0 aliphatic carbocycles. The minimum atomic E-state index is -0.519. The Morgan fingerprint density at radius 2 is 2.07 bits per heavy atom. The molecule has 1 atom stereocenters. The van der Waals surface area contributed by atoms with Crippen molar-refractivity contribution in [3.63, 3.8) is 0 Å². The van der Waals surface area contributed by atoms with Gasteiger partial charge in [-0.1, -0.05) is 20.8 Å². The summed E-state index contributed by atoms with van der Waals surface area (Å²) in [6, 6.07) is 7.96. The van der Waals surface area contributed by atoms with E-state index >= 15 is 0 Å². The van der Waals surface area contributed by atoms with Gasteiger partial charge in [-0.25, -0.2) is 9.37 Å². The van der Waals surface area contributed by atoms with Gasteiger partial charge in [0, 0.05) is 23.7 Å². The van der Waals surface area contributed by atoms with Crippen LogP contribution in [0.3, 0.4) is 0 Å². The maximum atomic E-state index is 14.2. The van der Waals surface area contributed by atoms with Gasteiger partial charge >= 0.3 is 0 Å². The second-order valence-electron chi connectivity index (χ2n) is 9.04. The molecule has 1 aromatic heterocycles. The Kier molecular flexibility index (Phi) is 5.82. The maximum Gasteiger partial charge on any atom is 0.252 e. The summed E-state index contributed by atoms with van der Waals surface area (Å²) in [4.78, 5) is 18.9. The van der Waals surface area contributed by atoms with Gasteiger partial charge in [-0.3, -0.25) is 4.79 Å². The Morgan fingerprint density at radius 3 is 2.66 bits per heavy atom. The summed E-state index contributed by atoms with van der Waals surface area (Å²) in [5, 5.41) is 0. The Hall–Kier alpha value is -2.63. The van der Waals surface area contributed by atoms with E-state index in [2.05, 4.69) is 25.7 Å². The Balaban J connectivity index is 2.05. The van der Waals surface area contributed by atoms with Crippen molar-refractivity contribution in [1.82, 2.24) is 4.98 Å². The summed E-state index contributed by atoms with van der Waals surface area (Å²) in [5.74, 6) is 0.916. The molecule has 0 saturated carbocycles. The Morgan fingerprint density at radius 1 is 1.34 bits per heavy atom. The quantitative estimate of drug-likeness (QED) is 0.768. The fourth-order valence-corrected chi connectivity index (χ4v) is 4.02. The number of rotatable bonds is 6. The highest BCUT2D eigenvalue weighted by Gasteiger charge is 2.38. The molecule has 0 radical (unpaired) electrons. The van der Waals surface area contributed by atoms with Gasteiger partial charge in [0.2, 0.25) is 0 Å². The number of carbonyl (C=O) groups excluding carboxylic acids is 1. The normalized spacial score (nSPS) is 18.3. The molecule has 2 aromatic rings. The number of nitrogens with zero attached hydrogens (tertiary/aromatic N) is 2. The third-order valence-electron chi connectivity index (χ3n) is 5.22. The van der Waals surface area contributed by atoms with Crippen LogP contribution in [0.4, 0.5) is 10.2 Å². The standard InChI is InChI=1S/C23H30FN3O2/c1-14(2)13-29-18-9-16(8-17(24)10-18)20-7-6-19(21(25)28)22(26-20)27-12-15(3)11-23(27,4)5/h6-10,14-15H,11-13H2,1-5H3,(H2,25,28). The molecule has 156 valence electrons. The zero-order valence-electron chi connectivity index (χ0n) is 17.8. The van der Waals surface area contributed by atoms with E-state index in [-0.39, 0.29) is 5.54 Å². The summed E-state index contributed by atoms with van der Waals surface area (Å²) in [5.41, 5.74) is 7.03. The summed E-state index contributed by atoms with van der Waals surface area (Å²) in [7, 11) is 0. The van der Waals surface area contributed by atoms with E-state index in [0.29, 0.717) is 46.8 Å². The SMILES string of the molecule is CC(C)COc1cc(F)cc(-c2ccc(C(N)=O)c(N3CC(C)CC3(C)C)n2)c1. The van der Waals surface area contributed by atoms with E-state index in [9.17, 15) is 9.18 Å². The van der Waals surface area contributed by atoms with E-state index in [0.717, 1.165) is 13.0 Å². The molecular formula is C23H30FN3O2. The molecule has 3 rings (SSSR count).